The lowest BCUT2D eigenvalue weighted by Crippen LogP contribution is -2.52. The third-order valence-electron chi connectivity index (χ3n) is 7.43. The number of nitrogens with one attached hydrogen (secondary N) is 1. The van der Waals surface area contributed by atoms with Gasteiger partial charge in [0, 0.05) is 36.7 Å². The first kappa shape index (κ1) is 22.2. The van der Waals surface area contributed by atoms with Crippen LogP contribution in [0.15, 0.2) is 35.4 Å². The molecule has 7 rings (SSSR count). The summed E-state index contributed by atoms with van der Waals surface area (Å²) in [5.74, 6) is -0.307. The molecule has 4 aliphatic rings. The minimum atomic E-state index is -0.690. The first-order chi connectivity index (χ1) is 16.9. The average Bonchev–Trinajstić information content (AvgIpc) is 3.32. The molecule has 0 spiro atoms. The van der Waals surface area contributed by atoms with Crippen molar-refractivity contribution in [3.8, 4) is 5.88 Å². The predicted octanol–water partition coefficient (Wildman–Crippen LogP) is 3.59. The molecule has 3 aromatic rings. The van der Waals surface area contributed by atoms with E-state index < -0.39 is 18.2 Å². The Morgan fingerprint density at radius 1 is 1.40 bits per heavy atom. The molecule has 9 nitrogen and oxygen atoms in total. The number of anilines is 1. The number of fused-ring (bicyclic) bond motifs is 2. The summed E-state index contributed by atoms with van der Waals surface area (Å²) in [6.45, 7) is 3.77. The maximum Gasteiger partial charge on any atom is 0.274 e. The quantitative estimate of drug-likeness (QED) is 0.528. The maximum atomic E-state index is 13.4. The molecule has 5 heterocycles. The number of alkyl halides is 1. The molecule has 0 aromatic carbocycles. The van der Waals surface area contributed by atoms with Crippen molar-refractivity contribution in [2.75, 3.05) is 18.6 Å². The summed E-state index contributed by atoms with van der Waals surface area (Å²) in [6.07, 6.45) is 7.19. The molecule has 2 saturated carbocycles. The van der Waals surface area contributed by atoms with E-state index in [1.165, 1.54) is 0 Å². The van der Waals surface area contributed by atoms with Crippen molar-refractivity contribution < 1.29 is 18.7 Å². The van der Waals surface area contributed by atoms with Crippen LogP contribution >= 0.6 is 0 Å². The minimum absolute atomic E-state index is 0.167. The van der Waals surface area contributed by atoms with Crippen LogP contribution in [0.2, 0.25) is 0 Å². The van der Waals surface area contributed by atoms with E-state index in [1.54, 1.807) is 33.6 Å². The Morgan fingerprint density at radius 3 is 2.89 bits per heavy atom. The Hall–Kier alpha value is -3.27. The molecule has 1 N–H and O–H groups in total. The van der Waals surface area contributed by atoms with Crippen molar-refractivity contribution in [3.63, 3.8) is 0 Å². The lowest BCUT2D eigenvalue weighted by Gasteiger charge is -2.42. The minimum Gasteiger partial charge on any atom is -0.474 e. The van der Waals surface area contributed by atoms with E-state index >= 15 is 0 Å². The molecule has 35 heavy (non-hydrogen) atoms. The van der Waals surface area contributed by atoms with Gasteiger partial charge in [-0.15, -0.1) is 0 Å². The van der Waals surface area contributed by atoms with Gasteiger partial charge < -0.3 is 19.4 Å². The molecule has 1 amide bonds. The van der Waals surface area contributed by atoms with E-state index in [9.17, 15) is 14.0 Å². The Labute approximate surface area is 201 Å². The molecule has 1 atom stereocenters. The van der Waals surface area contributed by atoms with Gasteiger partial charge in [0.05, 0.1) is 18.2 Å². The zero-order chi connectivity index (χ0) is 24.4. The van der Waals surface area contributed by atoms with Crippen LogP contribution in [0.5, 0.6) is 5.88 Å². The van der Waals surface area contributed by atoms with Crippen LogP contribution in [0.4, 0.5) is 10.1 Å². The van der Waals surface area contributed by atoms with Crippen molar-refractivity contribution in [2.24, 2.45) is 0 Å². The number of nitrogens with zero attached hydrogens (tertiary/aromatic N) is 4. The fourth-order valence-corrected chi connectivity index (χ4v) is 5.15. The van der Waals surface area contributed by atoms with Crippen molar-refractivity contribution in [3.05, 3.63) is 46.5 Å². The first-order valence-corrected chi connectivity index (χ1v) is 12.2. The summed E-state index contributed by atoms with van der Waals surface area (Å²) < 4.78 is 28.5. The normalized spacial score (nSPS) is 25.9. The van der Waals surface area contributed by atoms with Crippen LogP contribution in [0, 0.1) is 0 Å². The standard InChI is InChI=1S/C25H28FN5O4/c1-3-15(2)35-22-18(21(32)27-19-5-4-8-30(23(19)33)17-6-7-17)9-16-10-31(29-20(16)28-22)24-11-25(12-24,13-26)34-14-24/h4-5,8-10,15,17H,3,6-7,11-14H2,1-2H3,(H,27,32)/t15-,24?,25?/m0/s1. The van der Waals surface area contributed by atoms with Gasteiger partial charge in [-0.25, -0.2) is 4.39 Å². The summed E-state index contributed by atoms with van der Waals surface area (Å²) in [5, 5.41) is 8.05. The molecular weight excluding hydrogens is 453 g/mol. The second-order valence-electron chi connectivity index (χ2n) is 10.2. The monoisotopic (exact) mass is 481 g/mol. The summed E-state index contributed by atoms with van der Waals surface area (Å²) >= 11 is 0. The molecule has 184 valence electrons. The van der Waals surface area contributed by atoms with Crippen LogP contribution < -0.4 is 15.6 Å². The molecule has 2 aliphatic heterocycles. The zero-order valence-electron chi connectivity index (χ0n) is 19.8. The number of aromatic nitrogens is 4. The van der Waals surface area contributed by atoms with E-state index in [0.29, 0.717) is 30.5 Å². The van der Waals surface area contributed by atoms with Crippen LogP contribution in [0.3, 0.4) is 0 Å². The fourth-order valence-electron chi connectivity index (χ4n) is 5.15. The number of hydrogen-bond donors (Lipinski definition) is 1. The third kappa shape index (κ3) is 3.62. The molecule has 10 heteroatoms. The molecule has 3 aromatic heterocycles. The highest BCUT2D eigenvalue weighted by Crippen LogP contribution is 2.56. The highest BCUT2D eigenvalue weighted by atomic mass is 19.1. The van der Waals surface area contributed by atoms with Gasteiger partial charge in [0.15, 0.2) is 5.65 Å². The van der Waals surface area contributed by atoms with Crippen molar-refractivity contribution in [1.82, 2.24) is 19.3 Å². The average molecular weight is 482 g/mol. The zero-order valence-corrected chi connectivity index (χ0v) is 19.8. The van der Waals surface area contributed by atoms with E-state index in [1.807, 2.05) is 20.0 Å². The third-order valence-corrected chi connectivity index (χ3v) is 7.43. The number of carbonyl (C=O) groups excluding carboxylic acids is 1. The van der Waals surface area contributed by atoms with E-state index in [2.05, 4.69) is 15.4 Å². The Morgan fingerprint density at radius 2 is 2.20 bits per heavy atom. The van der Waals surface area contributed by atoms with Gasteiger partial charge in [-0.3, -0.25) is 14.3 Å². The topological polar surface area (TPSA) is 100 Å². The van der Waals surface area contributed by atoms with E-state index in [4.69, 9.17) is 9.47 Å². The number of hydrogen-bond acceptors (Lipinski definition) is 6. The van der Waals surface area contributed by atoms with Crippen LogP contribution in [-0.4, -0.2) is 50.2 Å². The summed E-state index contributed by atoms with van der Waals surface area (Å²) in [5.41, 5.74) is -0.417. The molecule has 2 saturated heterocycles. The largest absolute Gasteiger partial charge is 0.474 e. The molecule has 0 unspecified atom stereocenters. The van der Waals surface area contributed by atoms with E-state index in [-0.39, 0.29) is 40.4 Å². The highest BCUT2D eigenvalue weighted by molar-refractivity contribution is 6.07. The van der Waals surface area contributed by atoms with Gasteiger partial charge in [0.2, 0.25) is 5.88 Å². The van der Waals surface area contributed by atoms with Gasteiger partial charge in [0.25, 0.3) is 11.5 Å². The Balaban J connectivity index is 1.35. The smallest absolute Gasteiger partial charge is 0.274 e. The number of halogens is 1. The lowest BCUT2D eigenvalue weighted by atomic mass is 9.69. The maximum absolute atomic E-state index is 13.4. The molecule has 2 bridgehead atoms. The number of carbonyl (C=O) groups is 1. The predicted molar refractivity (Wildman–Crippen MR) is 127 cm³/mol. The number of ether oxygens (including phenoxy) is 2. The number of rotatable bonds is 8. The summed E-state index contributed by atoms with van der Waals surface area (Å²) in [6, 6.07) is 5.25. The van der Waals surface area contributed by atoms with Crippen LogP contribution in [-0.2, 0) is 10.3 Å². The molecule has 4 fully saturated rings. The van der Waals surface area contributed by atoms with Crippen molar-refractivity contribution in [2.45, 2.75) is 69.2 Å². The van der Waals surface area contributed by atoms with Gasteiger partial charge >= 0.3 is 0 Å². The summed E-state index contributed by atoms with van der Waals surface area (Å²) in [7, 11) is 0. The number of pyridine rings is 2. The van der Waals surface area contributed by atoms with E-state index in [0.717, 1.165) is 19.3 Å². The van der Waals surface area contributed by atoms with Gasteiger partial charge in [-0.1, -0.05) is 6.92 Å². The fraction of sp³-hybridized carbons (Fsp3) is 0.520. The second-order valence-corrected chi connectivity index (χ2v) is 10.2. The van der Waals surface area contributed by atoms with Gasteiger partial charge in [-0.2, -0.15) is 10.1 Å². The van der Waals surface area contributed by atoms with Crippen molar-refractivity contribution in [1.29, 1.82) is 0 Å². The van der Waals surface area contributed by atoms with Crippen LogP contribution in [0.1, 0.15) is 62.4 Å². The molecule has 0 radical (unpaired) electrons. The Kier molecular flexibility index (Phi) is 5.00. The molecule has 2 aliphatic carbocycles. The number of amides is 1. The van der Waals surface area contributed by atoms with Crippen LogP contribution in [0.25, 0.3) is 11.0 Å². The van der Waals surface area contributed by atoms with Gasteiger partial charge in [-0.05, 0) is 44.4 Å². The molecular formula is C25H28FN5O4. The lowest BCUT2D eigenvalue weighted by molar-refractivity contribution is -0.0336. The highest BCUT2D eigenvalue weighted by Gasteiger charge is 2.64. The second kappa shape index (κ2) is 7.87. The van der Waals surface area contributed by atoms with Crippen molar-refractivity contribution >= 4 is 22.6 Å². The first-order valence-electron chi connectivity index (χ1n) is 12.2. The summed E-state index contributed by atoms with van der Waals surface area (Å²) in [4.78, 5) is 30.7. The Bertz CT molecular complexity index is 1370. The van der Waals surface area contributed by atoms with Gasteiger partial charge in [0.1, 0.15) is 23.5 Å². The SMILES string of the molecule is CC[C@H](C)Oc1nc2nn(C34COC(CF)(C3)C4)cc2cc1C(=O)Nc1cccn(C2CC2)c1=O.